The van der Waals surface area contributed by atoms with Crippen LogP contribution in [0.15, 0.2) is 18.2 Å². The SMILES string of the molecule is CNCC1(Cc2cc(Cl)ccc2OC)CCCOC1. The fourth-order valence-electron chi connectivity index (χ4n) is 2.92. The molecule has 0 spiro atoms. The van der Waals surface area contributed by atoms with Crippen molar-refractivity contribution in [3.05, 3.63) is 28.8 Å². The second-order valence-electron chi connectivity index (χ2n) is 5.32. The van der Waals surface area contributed by atoms with E-state index in [1.54, 1.807) is 7.11 Å². The van der Waals surface area contributed by atoms with Crippen LogP contribution in [0.5, 0.6) is 5.75 Å². The minimum absolute atomic E-state index is 0.144. The first kappa shape index (κ1) is 14.6. The van der Waals surface area contributed by atoms with Crippen LogP contribution in [0.2, 0.25) is 5.02 Å². The highest BCUT2D eigenvalue weighted by atomic mass is 35.5. The Labute approximate surface area is 120 Å². The van der Waals surface area contributed by atoms with Gasteiger partial charge in [-0.15, -0.1) is 0 Å². The third-order valence-electron chi connectivity index (χ3n) is 3.76. The van der Waals surface area contributed by atoms with E-state index in [9.17, 15) is 0 Å². The molecule has 1 aliphatic rings. The number of benzene rings is 1. The van der Waals surface area contributed by atoms with Gasteiger partial charge in [-0.25, -0.2) is 0 Å². The van der Waals surface area contributed by atoms with Gasteiger partial charge in [0.25, 0.3) is 0 Å². The van der Waals surface area contributed by atoms with Crippen LogP contribution in [0, 0.1) is 5.41 Å². The van der Waals surface area contributed by atoms with E-state index in [1.807, 2.05) is 25.2 Å². The predicted molar refractivity (Wildman–Crippen MR) is 78.1 cm³/mol. The minimum atomic E-state index is 0.144. The monoisotopic (exact) mass is 283 g/mol. The van der Waals surface area contributed by atoms with Gasteiger partial charge in [0.1, 0.15) is 5.75 Å². The van der Waals surface area contributed by atoms with E-state index >= 15 is 0 Å². The maximum absolute atomic E-state index is 6.11. The standard InChI is InChI=1S/C15H22ClNO2/c1-17-10-15(6-3-7-19-11-15)9-12-8-13(16)4-5-14(12)18-2/h4-5,8,17H,3,6-7,9-11H2,1-2H3. The molecule has 0 bridgehead atoms. The summed E-state index contributed by atoms with van der Waals surface area (Å²) >= 11 is 6.11. The minimum Gasteiger partial charge on any atom is -0.496 e. The number of ether oxygens (including phenoxy) is 2. The quantitative estimate of drug-likeness (QED) is 0.901. The third kappa shape index (κ3) is 3.62. The Morgan fingerprint density at radius 2 is 2.32 bits per heavy atom. The summed E-state index contributed by atoms with van der Waals surface area (Å²) < 4.78 is 11.1. The Morgan fingerprint density at radius 1 is 1.47 bits per heavy atom. The van der Waals surface area contributed by atoms with Gasteiger partial charge < -0.3 is 14.8 Å². The molecule has 0 aliphatic carbocycles. The van der Waals surface area contributed by atoms with Crippen molar-refractivity contribution in [1.82, 2.24) is 5.32 Å². The lowest BCUT2D eigenvalue weighted by atomic mass is 9.77. The van der Waals surface area contributed by atoms with Gasteiger partial charge in [0, 0.05) is 23.6 Å². The molecule has 0 amide bonds. The molecule has 0 radical (unpaired) electrons. The van der Waals surface area contributed by atoms with Crippen LogP contribution >= 0.6 is 11.6 Å². The number of methoxy groups -OCH3 is 1. The lowest BCUT2D eigenvalue weighted by molar-refractivity contribution is -0.00647. The van der Waals surface area contributed by atoms with E-state index < -0.39 is 0 Å². The second kappa shape index (κ2) is 6.60. The van der Waals surface area contributed by atoms with E-state index in [1.165, 1.54) is 6.42 Å². The van der Waals surface area contributed by atoms with E-state index in [4.69, 9.17) is 21.1 Å². The first-order valence-corrected chi connectivity index (χ1v) is 7.12. The van der Waals surface area contributed by atoms with E-state index in [2.05, 4.69) is 5.32 Å². The number of nitrogens with one attached hydrogen (secondary N) is 1. The molecule has 1 N–H and O–H groups in total. The normalized spacial score (nSPS) is 23.3. The van der Waals surface area contributed by atoms with E-state index in [0.717, 1.165) is 48.9 Å². The predicted octanol–water partition coefficient (Wildman–Crippen LogP) is 2.91. The molecule has 1 aromatic rings. The maximum atomic E-state index is 6.11. The number of hydrogen-bond donors (Lipinski definition) is 1. The lowest BCUT2D eigenvalue weighted by Crippen LogP contribution is -2.41. The van der Waals surface area contributed by atoms with Crippen LogP contribution in [-0.4, -0.2) is 33.9 Å². The lowest BCUT2D eigenvalue weighted by Gasteiger charge is -2.37. The van der Waals surface area contributed by atoms with Crippen LogP contribution in [0.25, 0.3) is 0 Å². The van der Waals surface area contributed by atoms with Gasteiger partial charge in [-0.2, -0.15) is 0 Å². The Morgan fingerprint density at radius 3 is 2.95 bits per heavy atom. The molecule has 2 rings (SSSR count). The van der Waals surface area contributed by atoms with Crippen molar-refractivity contribution in [2.24, 2.45) is 5.41 Å². The molecule has 1 unspecified atom stereocenters. The molecule has 3 nitrogen and oxygen atoms in total. The molecule has 106 valence electrons. The van der Waals surface area contributed by atoms with Crippen LogP contribution in [-0.2, 0) is 11.2 Å². The Hall–Kier alpha value is -0.770. The molecule has 0 saturated carbocycles. The fraction of sp³-hybridized carbons (Fsp3) is 0.600. The largest absolute Gasteiger partial charge is 0.496 e. The van der Waals surface area contributed by atoms with Crippen molar-refractivity contribution < 1.29 is 9.47 Å². The molecule has 1 atom stereocenters. The van der Waals surface area contributed by atoms with Crippen molar-refractivity contribution in [1.29, 1.82) is 0 Å². The molecule has 1 aliphatic heterocycles. The van der Waals surface area contributed by atoms with Gasteiger partial charge >= 0.3 is 0 Å². The van der Waals surface area contributed by atoms with Gasteiger partial charge in [-0.05, 0) is 50.1 Å². The van der Waals surface area contributed by atoms with Crippen LogP contribution in [0.3, 0.4) is 0 Å². The Kier molecular flexibility index (Phi) is 5.08. The zero-order valence-electron chi connectivity index (χ0n) is 11.7. The average Bonchev–Trinajstić information content (AvgIpc) is 2.40. The summed E-state index contributed by atoms with van der Waals surface area (Å²) in [6, 6.07) is 5.81. The first-order chi connectivity index (χ1) is 9.19. The molecule has 1 fully saturated rings. The molecule has 1 aromatic carbocycles. The third-order valence-corrected chi connectivity index (χ3v) is 4.00. The molecule has 0 aromatic heterocycles. The number of halogens is 1. The number of rotatable bonds is 5. The number of hydrogen-bond acceptors (Lipinski definition) is 3. The summed E-state index contributed by atoms with van der Waals surface area (Å²) in [7, 11) is 3.69. The van der Waals surface area contributed by atoms with Crippen molar-refractivity contribution in [3.8, 4) is 5.75 Å². The van der Waals surface area contributed by atoms with E-state index in [0.29, 0.717) is 0 Å². The van der Waals surface area contributed by atoms with Crippen molar-refractivity contribution in [2.75, 3.05) is 33.9 Å². The summed E-state index contributed by atoms with van der Waals surface area (Å²) in [6.45, 7) is 2.62. The summed E-state index contributed by atoms with van der Waals surface area (Å²) in [5, 5.41) is 4.05. The van der Waals surface area contributed by atoms with Crippen LogP contribution in [0.4, 0.5) is 0 Å². The van der Waals surface area contributed by atoms with Gasteiger partial charge in [-0.1, -0.05) is 11.6 Å². The van der Waals surface area contributed by atoms with Crippen molar-refractivity contribution in [2.45, 2.75) is 19.3 Å². The van der Waals surface area contributed by atoms with Crippen molar-refractivity contribution in [3.63, 3.8) is 0 Å². The van der Waals surface area contributed by atoms with Gasteiger partial charge in [0.05, 0.1) is 13.7 Å². The molecular weight excluding hydrogens is 262 g/mol. The molecule has 4 heteroatoms. The van der Waals surface area contributed by atoms with Crippen LogP contribution in [0.1, 0.15) is 18.4 Å². The average molecular weight is 284 g/mol. The Bertz CT molecular complexity index is 411. The molecular formula is C15H22ClNO2. The highest BCUT2D eigenvalue weighted by molar-refractivity contribution is 6.30. The van der Waals surface area contributed by atoms with E-state index in [-0.39, 0.29) is 5.41 Å². The zero-order chi connectivity index (χ0) is 13.7. The smallest absolute Gasteiger partial charge is 0.122 e. The Balaban J connectivity index is 2.23. The van der Waals surface area contributed by atoms with Crippen molar-refractivity contribution >= 4 is 11.6 Å². The molecule has 1 heterocycles. The van der Waals surface area contributed by atoms with Gasteiger partial charge in [0.15, 0.2) is 0 Å². The zero-order valence-corrected chi connectivity index (χ0v) is 12.4. The highest BCUT2D eigenvalue weighted by Gasteiger charge is 2.33. The molecule has 19 heavy (non-hydrogen) atoms. The summed E-state index contributed by atoms with van der Waals surface area (Å²) in [4.78, 5) is 0. The van der Waals surface area contributed by atoms with Crippen LogP contribution < -0.4 is 10.1 Å². The second-order valence-corrected chi connectivity index (χ2v) is 5.76. The fourth-order valence-corrected chi connectivity index (χ4v) is 3.11. The van der Waals surface area contributed by atoms with Gasteiger partial charge in [0.2, 0.25) is 0 Å². The summed E-state index contributed by atoms with van der Waals surface area (Å²) in [5.41, 5.74) is 1.31. The summed E-state index contributed by atoms with van der Waals surface area (Å²) in [5.74, 6) is 0.908. The highest BCUT2D eigenvalue weighted by Crippen LogP contribution is 2.35. The maximum Gasteiger partial charge on any atom is 0.122 e. The first-order valence-electron chi connectivity index (χ1n) is 6.74. The molecule has 1 saturated heterocycles. The van der Waals surface area contributed by atoms with Gasteiger partial charge in [-0.3, -0.25) is 0 Å². The topological polar surface area (TPSA) is 30.5 Å². The summed E-state index contributed by atoms with van der Waals surface area (Å²) in [6.07, 6.45) is 3.21.